The highest BCUT2D eigenvalue weighted by Crippen LogP contribution is 2.17. The molecule has 0 aliphatic heterocycles. The Morgan fingerprint density at radius 1 is 1.50 bits per heavy atom. The van der Waals surface area contributed by atoms with E-state index in [1.165, 1.54) is 12.1 Å². The molecule has 0 fully saturated rings. The molecule has 1 unspecified atom stereocenters. The number of nitrogens with zero attached hydrogens (tertiary/aromatic N) is 2. The van der Waals surface area contributed by atoms with E-state index in [0.717, 1.165) is 0 Å². The van der Waals surface area contributed by atoms with E-state index < -0.39 is 10.5 Å². The number of hydrogen-bond acceptors (Lipinski definition) is 5. The standard InChI is InChI=1S/C12H15N3O3/c1-12(14,9-13)7-2-8-18-11-5-3-10(4-6-11)15(16)17/h3-6H,2,7-8,14H2,1H3. The van der Waals surface area contributed by atoms with Gasteiger partial charge in [-0.1, -0.05) is 0 Å². The van der Waals surface area contributed by atoms with Crippen molar-refractivity contribution in [2.75, 3.05) is 6.61 Å². The lowest BCUT2D eigenvalue weighted by Crippen LogP contribution is -2.34. The van der Waals surface area contributed by atoms with Crippen LogP contribution < -0.4 is 10.5 Å². The molecule has 96 valence electrons. The van der Waals surface area contributed by atoms with Gasteiger partial charge in [0.25, 0.3) is 5.69 Å². The maximum absolute atomic E-state index is 10.4. The smallest absolute Gasteiger partial charge is 0.269 e. The van der Waals surface area contributed by atoms with Crippen molar-refractivity contribution < 1.29 is 9.66 Å². The zero-order valence-corrected chi connectivity index (χ0v) is 10.1. The normalized spacial score (nSPS) is 13.4. The molecule has 0 aliphatic rings. The summed E-state index contributed by atoms with van der Waals surface area (Å²) in [7, 11) is 0. The molecule has 0 aromatic heterocycles. The Morgan fingerprint density at radius 2 is 2.11 bits per heavy atom. The number of rotatable bonds is 6. The van der Waals surface area contributed by atoms with Gasteiger partial charge in [-0.15, -0.1) is 0 Å². The number of non-ortho nitro benzene ring substituents is 1. The third-order valence-electron chi connectivity index (χ3n) is 2.41. The molecular formula is C12H15N3O3. The summed E-state index contributed by atoms with van der Waals surface area (Å²) in [5.74, 6) is 0.566. The predicted molar refractivity (Wildman–Crippen MR) is 66.0 cm³/mol. The van der Waals surface area contributed by atoms with Crippen LogP contribution in [0, 0.1) is 21.4 Å². The fourth-order valence-corrected chi connectivity index (χ4v) is 1.35. The summed E-state index contributed by atoms with van der Waals surface area (Å²) in [4.78, 5) is 9.97. The van der Waals surface area contributed by atoms with E-state index in [-0.39, 0.29) is 5.69 Å². The van der Waals surface area contributed by atoms with Crippen LogP contribution >= 0.6 is 0 Å². The monoisotopic (exact) mass is 249 g/mol. The van der Waals surface area contributed by atoms with Crippen molar-refractivity contribution in [3.8, 4) is 11.8 Å². The Morgan fingerprint density at radius 3 is 2.61 bits per heavy atom. The molecule has 1 rings (SSSR count). The molecule has 0 spiro atoms. The lowest BCUT2D eigenvalue weighted by Gasteiger charge is -2.14. The first-order valence-corrected chi connectivity index (χ1v) is 5.52. The van der Waals surface area contributed by atoms with Crippen molar-refractivity contribution >= 4 is 5.69 Å². The van der Waals surface area contributed by atoms with Gasteiger partial charge in [-0.25, -0.2) is 0 Å². The summed E-state index contributed by atoms with van der Waals surface area (Å²) in [5.41, 5.74) is 4.85. The zero-order valence-electron chi connectivity index (χ0n) is 10.1. The van der Waals surface area contributed by atoms with E-state index >= 15 is 0 Å². The predicted octanol–water partition coefficient (Wildman–Crippen LogP) is 1.99. The van der Waals surface area contributed by atoms with Gasteiger partial charge in [-0.05, 0) is 31.9 Å². The quantitative estimate of drug-likeness (QED) is 0.472. The molecule has 0 heterocycles. The van der Waals surface area contributed by atoms with Crippen LogP contribution in [0.2, 0.25) is 0 Å². The van der Waals surface area contributed by atoms with Gasteiger partial charge >= 0.3 is 0 Å². The van der Waals surface area contributed by atoms with E-state index in [4.69, 9.17) is 15.7 Å². The van der Waals surface area contributed by atoms with Gasteiger partial charge in [-0.3, -0.25) is 10.1 Å². The van der Waals surface area contributed by atoms with E-state index in [1.54, 1.807) is 19.1 Å². The molecule has 2 N–H and O–H groups in total. The molecule has 1 atom stereocenters. The van der Waals surface area contributed by atoms with Gasteiger partial charge in [0.2, 0.25) is 0 Å². The number of hydrogen-bond donors (Lipinski definition) is 1. The number of nitro groups is 1. The summed E-state index contributed by atoms with van der Waals surface area (Å²) in [5, 5.41) is 19.1. The summed E-state index contributed by atoms with van der Waals surface area (Å²) in [6.45, 7) is 2.09. The van der Waals surface area contributed by atoms with Crippen molar-refractivity contribution in [1.82, 2.24) is 0 Å². The molecule has 0 bridgehead atoms. The first-order valence-electron chi connectivity index (χ1n) is 5.52. The lowest BCUT2D eigenvalue weighted by molar-refractivity contribution is -0.384. The SMILES string of the molecule is CC(N)(C#N)CCCOc1ccc([N+](=O)[O-])cc1. The Hall–Kier alpha value is -2.13. The third kappa shape index (κ3) is 4.39. The molecule has 1 aromatic carbocycles. The maximum Gasteiger partial charge on any atom is 0.269 e. The van der Waals surface area contributed by atoms with Crippen LogP contribution in [-0.4, -0.2) is 17.1 Å². The van der Waals surface area contributed by atoms with Crippen LogP contribution in [0.1, 0.15) is 19.8 Å². The average molecular weight is 249 g/mol. The fraction of sp³-hybridized carbons (Fsp3) is 0.417. The molecule has 18 heavy (non-hydrogen) atoms. The fourth-order valence-electron chi connectivity index (χ4n) is 1.35. The first-order chi connectivity index (χ1) is 8.44. The van der Waals surface area contributed by atoms with Gasteiger partial charge < -0.3 is 10.5 Å². The number of benzene rings is 1. The van der Waals surface area contributed by atoms with Crippen LogP contribution in [0.5, 0.6) is 5.75 Å². The summed E-state index contributed by atoms with van der Waals surface area (Å²) in [6.07, 6.45) is 1.19. The van der Waals surface area contributed by atoms with Gasteiger partial charge in [0.05, 0.1) is 17.6 Å². The molecule has 6 heteroatoms. The highest BCUT2D eigenvalue weighted by atomic mass is 16.6. The number of nitrogens with two attached hydrogens (primary N) is 1. The number of ether oxygens (including phenoxy) is 1. The van der Waals surface area contributed by atoms with Crippen LogP contribution in [0.3, 0.4) is 0 Å². The van der Waals surface area contributed by atoms with E-state index in [2.05, 4.69) is 0 Å². The van der Waals surface area contributed by atoms with Crippen LogP contribution in [0.25, 0.3) is 0 Å². The topological polar surface area (TPSA) is 102 Å². The minimum Gasteiger partial charge on any atom is -0.494 e. The largest absolute Gasteiger partial charge is 0.494 e. The van der Waals surface area contributed by atoms with Gasteiger partial charge in [0, 0.05) is 12.1 Å². The van der Waals surface area contributed by atoms with Crippen LogP contribution in [0.15, 0.2) is 24.3 Å². The second-order valence-electron chi connectivity index (χ2n) is 4.23. The Bertz CT molecular complexity index is 449. The summed E-state index contributed by atoms with van der Waals surface area (Å²) in [6, 6.07) is 7.87. The molecule has 1 aromatic rings. The Labute approximate surface area is 105 Å². The van der Waals surface area contributed by atoms with Gasteiger partial charge in [-0.2, -0.15) is 5.26 Å². The highest BCUT2D eigenvalue weighted by molar-refractivity contribution is 5.35. The molecule has 0 saturated carbocycles. The van der Waals surface area contributed by atoms with Crippen molar-refractivity contribution in [1.29, 1.82) is 5.26 Å². The highest BCUT2D eigenvalue weighted by Gasteiger charge is 2.16. The van der Waals surface area contributed by atoms with Crippen molar-refractivity contribution in [3.63, 3.8) is 0 Å². The maximum atomic E-state index is 10.4. The molecular weight excluding hydrogens is 234 g/mol. The zero-order chi connectivity index (χ0) is 13.6. The summed E-state index contributed by atoms with van der Waals surface area (Å²) < 4.78 is 5.39. The van der Waals surface area contributed by atoms with Gasteiger partial charge in [0.15, 0.2) is 0 Å². The lowest BCUT2D eigenvalue weighted by atomic mass is 10.00. The van der Waals surface area contributed by atoms with Crippen molar-refractivity contribution in [3.05, 3.63) is 34.4 Å². The van der Waals surface area contributed by atoms with E-state index in [0.29, 0.717) is 25.2 Å². The van der Waals surface area contributed by atoms with Crippen molar-refractivity contribution in [2.24, 2.45) is 5.73 Å². The Kier molecular flexibility index (Phi) is 4.63. The van der Waals surface area contributed by atoms with E-state index in [1.807, 2.05) is 6.07 Å². The second-order valence-corrected chi connectivity index (χ2v) is 4.23. The van der Waals surface area contributed by atoms with Crippen LogP contribution in [0.4, 0.5) is 5.69 Å². The summed E-state index contributed by atoms with van der Waals surface area (Å²) >= 11 is 0. The average Bonchev–Trinajstić information content (AvgIpc) is 2.35. The second kappa shape index (κ2) is 5.98. The molecule has 6 nitrogen and oxygen atoms in total. The molecule has 0 amide bonds. The Balaban J connectivity index is 2.37. The minimum absolute atomic E-state index is 0.0290. The molecule has 0 radical (unpaired) electrons. The number of nitro benzene ring substituents is 1. The van der Waals surface area contributed by atoms with Crippen LogP contribution in [-0.2, 0) is 0 Å². The van der Waals surface area contributed by atoms with Crippen molar-refractivity contribution in [2.45, 2.75) is 25.3 Å². The number of nitriles is 1. The van der Waals surface area contributed by atoms with E-state index in [9.17, 15) is 10.1 Å². The minimum atomic E-state index is -0.834. The molecule has 0 aliphatic carbocycles. The molecule has 0 saturated heterocycles. The van der Waals surface area contributed by atoms with Gasteiger partial charge in [0.1, 0.15) is 11.3 Å². The third-order valence-corrected chi connectivity index (χ3v) is 2.41. The first kappa shape index (κ1) is 13.9.